The van der Waals surface area contributed by atoms with Gasteiger partial charge in [-0.2, -0.15) is 10.2 Å². The monoisotopic (exact) mass is 565 g/mol. The molecule has 0 spiro atoms. The van der Waals surface area contributed by atoms with Gasteiger partial charge in [0.15, 0.2) is 0 Å². The molecule has 1 aliphatic rings. The zero-order chi connectivity index (χ0) is 27.6. The summed E-state index contributed by atoms with van der Waals surface area (Å²) in [5.74, 6) is 4.06. The fourth-order valence-electron chi connectivity index (χ4n) is 2.71. The molecule has 0 saturated heterocycles. The lowest BCUT2D eigenvalue weighted by atomic mass is 9.95. The van der Waals surface area contributed by atoms with Crippen LogP contribution < -0.4 is 5.32 Å². The second-order valence-electron chi connectivity index (χ2n) is 12.8. The molecule has 0 unspecified atom stereocenters. The number of H-pyrrole nitrogens is 3. The van der Waals surface area contributed by atoms with Crippen molar-refractivity contribution in [3.05, 3.63) is 42.5 Å². The van der Waals surface area contributed by atoms with Crippen molar-refractivity contribution < 1.29 is 0 Å². The van der Waals surface area contributed by atoms with Crippen LogP contribution in [-0.2, 0) is 16.2 Å². The number of hydrogen-bond donors (Lipinski definition) is 4. The highest BCUT2D eigenvalue weighted by Gasteiger charge is 2.20. The summed E-state index contributed by atoms with van der Waals surface area (Å²) in [5, 5.41) is 16.4. The van der Waals surface area contributed by atoms with Crippen LogP contribution in [0.1, 0.15) is 130 Å². The van der Waals surface area contributed by atoms with Crippen molar-refractivity contribution in [2.75, 3.05) is 13.1 Å². The molecule has 3 aromatic heterocycles. The molecule has 0 fully saturated rings. The van der Waals surface area contributed by atoms with E-state index < -0.39 is 0 Å². The number of rotatable bonds is 0. The molecule has 0 atom stereocenters. The summed E-state index contributed by atoms with van der Waals surface area (Å²) >= 11 is 0. The molecule has 0 bridgehead atoms. The Kier molecular flexibility index (Phi) is 20.2. The molecule has 3 aromatic rings. The van der Waals surface area contributed by atoms with Crippen molar-refractivity contribution in [3.8, 4) is 0 Å². The SMILES string of the molecule is C.C.C.C.CC(C)(C)C1=NCCN1.CC(C)(C)c1ncc[nH]1.CC(C)(C)c1ncn[nH]1.CC(C)(C)c1ncn[nH]1. The Hall–Kier alpha value is -3.04. The van der Waals surface area contributed by atoms with Gasteiger partial charge in [0.1, 0.15) is 36.0 Å². The first-order valence-corrected chi connectivity index (χ1v) is 12.4. The van der Waals surface area contributed by atoms with Gasteiger partial charge in [0.2, 0.25) is 0 Å². The summed E-state index contributed by atoms with van der Waals surface area (Å²) in [6.45, 7) is 27.4. The molecule has 0 aliphatic carbocycles. The topological polar surface area (TPSA) is 136 Å². The van der Waals surface area contributed by atoms with E-state index >= 15 is 0 Å². The normalized spacial score (nSPS) is 12.3. The maximum atomic E-state index is 4.31. The van der Waals surface area contributed by atoms with Crippen LogP contribution in [0.4, 0.5) is 0 Å². The van der Waals surface area contributed by atoms with Gasteiger partial charge >= 0.3 is 0 Å². The Balaban J connectivity index is -0.000000209. The predicted molar refractivity (Wildman–Crippen MR) is 174 cm³/mol. The van der Waals surface area contributed by atoms with Gasteiger partial charge in [0.05, 0.1) is 6.54 Å². The molecular formula is C30H64N10. The van der Waals surface area contributed by atoms with Crippen LogP contribution in [0.5, 0.6) is 0 Å². The quantitative estimate of drug-likeness (QED) is 0.223. The maximum absolute atomic E-state index is 4.31. The van der Waals surface area contributed by atoms with Crippen molar-refractivity contribution in [1.29, 1.82) is 0 Å². The van der Waals surface area contributed by atoms with Gasteiger partial charge in [-0.05, 0) is 0 Å². The third-order valence-corrected chi connectivity index (χ3v) is 4.84. The minimum Gasteiger partial charge on any atom is -0.372 e. The fourth-order valence-corrected chi connectivity index (χ4v) is 2.71. The van der Waals surface area contributed by atoms with Crippen LogP contribution in [0, 0.1) is 5.41 Å². The van der Waals surface area contributed by atoms with Crippen LogP contribution in [0.15, 0.2) is 30.0 Å². The molecule has 234 valence electrons. The molecular weight excluding hydrogens is 500 g/mol. The second-order valence-corrected chi connectivity index (χ2v) is 12.8. The van der Waals surface area contributed by atoms with Crippen LogP contribution >= 0.6 is 0 Å². The van der Waals surface area contributed by atoms with Gasteiger partial charge < -0.3 is 10.3 Å². The van der Waals surface area contributed by atoms with Gasteiger partial charge in [-0.15, -0.1) is 0 Å². The molecule has 4 heterocycles. The van der Waals surface area contributed by atoms with E-state index in [1.807, 2.05) is 6.20 Å². The Labute approximate surface area is 246 Å². The number of amidine groups is 1. The summed E-state index contributed by atoms with van der Waals surface area (Å²) < 4.78 is 0. The average Bonchev–Trinajstić information content (AvgIpc) is 3.57. The van der Waals surface area contributed by atoms with E-state index in [4.69, 9.17) is 0 Å². The Morgan fingerprint density at radius 3 is 1.15 bits per heavy atom. The van der Waals surface area contributed by atoms with Gasteiger partial charge in [-0.1, -0.05) is 113 Å². The number of nitrogens with one attached hydrogen (secondary N) is 4. The summed E-state index contributed by atoms with van der Waals surface area (Å²) in [7, 11) is 0. The second kappa shape index (κ2) is 18.3. The fraction of sp³-hybridized carbons (Fsp3) is 0.733. The third-order valence-electron chi connectivity index (χ3n) is 4.84. The van der Waals surface area contributed by atoms with E-state index in [0.29, 0.717) is 0 Å². The summed E-state index contributed by atoms with van der Waals surface area (Å²) in [6, 6.07) is 0. The molecule has 10 heteroatoms. The first kappa shape index (κ1) is 44.0. The molecule has 0 saturated carbocycles. The molecule has 0 amide bonds. The highest BCUT2D eigenvalue weighted by Crippen LogP contribution is 2.17. The predicted octanol–water partition coefficient (Wildman–Crippen LogP) is 7.49. The van der Waals surface area contributed by atoms with Crippen molar-refractivity contribution in [3.63, 3.8) is 0 Å². The van der Waals surface area contributed by atoms with Crippen molar-refractivity contribution in [2.45, 2.75) is 129 Å². The molecule has 40 heavy (non-hydrogen) atoms. The summed E-state index contributed by atoms with van der Waals surface area (Å²) in [6.07, 6.45) is 6.68. The lowest BCUT2D eigenvalue weighted by Gasteiger charge is -2.18. The zero-order valence-electron chi connectivity index (χ0n) is 24.4. The first-order valence-electron chi connectivity index (χ1n) is 12.4. The average molecular weight is 565 g/mol. The van der Waals surface area contributed by atoms with Crippen LogP contribution in [-0.4, -0.2) is 59.3 Å². The number of aromatic nitrogens is 8. The van der Waals surface area contributed by atoms with Gasteiger partial charge in [0.25, 0.3) is 0 Å². The Morgan fingerprint density at radius 1 is 0.575 bits per heavy atom. The van der Waals surface area contributed by atoms with E-state index in [2.05, 4.69) is 134 Å². The van der Waals surface area contributed by atoms with Crippen LogP contribution in [0.2, 0.25) is 0 Å². The smallest absolute Gasteiger partial charge is 0.137 e. The summed E-state index contributed by atoms with van der Waals surface area (Å²) in [5.41, 5.74) is 0.562. The molecule has 4 N–H and O–H groups in total. The van der Waals surface area contributed by atoms with E-state index in [1.165, 1.54) is 12.7 Å². The maximum Gasteiger partial charge on any atom is 0.137 e. The number of nitrogens with zero attached hydrogens (tertiary/aromatic N) is 6. The minimum atomic E-state index is 0. The molecule has 0 aromatic carbocycles. The summed E-state index contributed by atoms with van der Waals surface area (Å²) in [4.78, 5) is 19.6. The van der Waals surface area contributed by atoms with Gasteiger partial charge in [-0.25, -0.2) is 15.0 Å². The Bertz CT molecular complexity index is 870. The molecule has 0 radical (unpaired) electrons. The van der Waals surface area contributed by atoms with Crippen molar-refractivity contribution >= 4 is 5.84 Å². The highest BCUT2D eigenvalue weighted by atomic mass is 15.2. The van der Waals surface area contributed by atoms with Gasteiger partial charge in [-0.3, -0.25) is 15.2 Å². The van der Waals surface area contributed by atoms with E-state index in [-0.39, 0.29) is 51.4 Å². The minimum absolute atomic E-state index is 0. The molecule has 1 aliphatic heterocycles. The number of imidazole rings is 1. The standard InChI is InChI=1S/C7H14N2.C7H12N2.2C6H11N3.4CH4/c2*1-7(2,3)6-8-4-5-9-6;2*1-6(2,3)5-7-4-8-9-5;;;;/h4-5H2,1-3H3,(H,8,9);4-5H,1-3H3,(H,8,9);2*4H,1-3H3,(H,7,8,9);4*1H4. The van der Waals surface area contributed by atoms with E-state index in [1.54, 1.807) is 6.20 Å². The van der Waals surface area contributed by atoms with Crippen molar-refractivity contribution in [2.24, 2.45) is 10.4 Å². The molecule has 10 nitrogen and oxygen atoms in total. The van der Waals surface area contributed by atoms with Crippen LogP contribution in [0.25, 0.3) is 0 Å². The number of aromatic amines is 3. The third kappa shape index (κ3) is 16.8. The Morgan fingerprint density at radius 2 is 1.00 bits per heavy atom. The first-order chi connectivity index (χ1) is 16.4. The van der Waals surface area contributed by atoms with Crippen molar-refractivity contribution in [1.82, 2.24) is 45.6 Å². The number of hydrogen-bond acceptors (Lipinski definition) is 7. The lowest BCUT2D eigenvalue weighted by molar-refractivity contribution is 0.548. The van der Waals surface area contributed by atoms with Crippen LogP contribution in [0.3, 0.4) is 0 Å². The zero-order valence-corrected chi connectivity index (χ0v) is 24.4. The largest absolute Gasteiger partial charge is 0.372 e. The molecule has 4 rings (SSSR count). The highest BCUT2D eigenvalue weighted by molar-refractivity contribution is 5.88. The van der Waals surface area contributed by atoms with Gasteiger partial charge in [0, 0.05) is 40.6 Å². The lowest BCUT2D eigenvalue weighted by Crippen LogP contribution is -2.31. The van der Waals surface area contributed by atoms with E-state index in [9.17, 15) is 0 Å². The van der Waals surface area contributed by atoms with E-state index in [0.717, 1.165) is 36.4 Å². The number of aliphatic imine (C=N–C) groups is 1.